The summed E-state index contributed by atoms with van der Waals surface area (Å²) in [5.41, 5.74) is -4.00. The third-order valence-corrected chi connectivity index (χ3v) is 6.44. The van der Waals surface area contributed by atoms with E-state index in [-0.39, 0.29) is 11.6 Å². The normalized spacial score (nSPS) is 12.4. The summed E-state index contributed by atoms with van der Waals surface area (Å²) in [6.45, 7) is -1.41. The summed E-state index contributed by atoms with van der Waals surface area (Å²) in [5, 5.41) is 0. The number of amides is 1. The summed E-state index contributed by atoms with van der Waals surface area (Å²) in [6, 6.07) is 10.4. The van der Waals surface area contributed by atoms with Gasteiger partial charge < -0.3 is 4.74 Å². The highest BCUT2D eigenvalue weighted by Crippen LogP contribution is 2.39. The molecule has 3 aromatic carbocycles. The third-order valence-electron chi connectivity index (χ3n) is 5.64. The molecule has 0 N–H and O–H groups in total. The molecule has 0 unspecified atom stereocenters. The van der Waals surface area contributed by atoms with Crippen LogP contribution in [0.25, 0.3) is 11.1 Å². The first kappa shape index (κ1) is 30.2. The molecule has 0 heterocycles. The zero-order chi connectivity index (χ0) is 29.2. The van der Waals surface area contributed by atoms with Gasteiger partial charge in [0.25, 0.3) is 0 Å². The molecular weight excluding hydrogens is 561 g/mol. The predicted molar refractivity (Wildman–Crippen MR) is 127 cm³/mol. The van der Waals surface area contributed by atoms with Crippen LogP contribution in [-0.2, 0) is 36.4 Å². The summed E-state index contributed by atoms with van der Waals surface area (Å²) < 4.78 is 125. The van der Waals surface area contributed by atoms with Crippen LogP contribution in [0.15, 0.2) is 65.6 Å². The standard InChI is InChI=1S/C26H20F9NO2S/c1-38-23(37)36(13-15-9-18(25(30,31)32)12-19(10-15)26(33,34)35)14-16-11-17(24(27,28)29)7-8-20(16)21-5-3-4-6-22(21)39-2/h3-12H,13-14H2,1-2H3. The average molecular weight is 582 g/mol. The molecule has 3 aromatic rings. The third kappa shape index (κ3) is 7.40. The van der Waals surface area contributed by atoms with E-state index in [2.05, 4.69) is 4.74 Å². The van der Waals surface area contributed by atoms with Crippen molar-refractivity contribution in [3.8, 4) is 11.1 Å². The van der Waals surface area contributed by atoms with Crippen LogP contribution in [0.5, 0.6) is 0 Å². The van der Waals surface area contributed by atoms with Gasteiger partial charge in [0.1, 0.15) is 0 Å². The second kappa shape index (κ2) is 11.4. The number of benzene rings is 3. The van der Waals surface area contributed by atoms with Gasteiger partial charge in [0.15, 0.2) is 0 Å². The first-order valence-corrected chi connectivity index (χ1v) is 12.2. The maximum atomic E-state index is 13.5. The van der Waals surface area contributed by atoms with Crippen molar-refractivity contribution in [2.75, 3.05) is 13.4 Å². The molecule has 0 radical (unpaired) electrons. The van der Waals surface area contributed by atoms with Gasteiger partial charge in [-0.05, 0) is 64.9 Å². The number of nitrogens with zero attached hydrogens (tertiary/aromatic N) is 1. The number of hydrogen-bond acceptors (Lipinski definition) is 3. The fourth-order valence-electron chi connectivity index (χ4n) is 3.88. The van der Waals surface area contributed by atoms with Crippen molar-refractivity contribution in [1.29, 1.82) is 0 Å². The number of halogens is 9. The first-order chi connectivity index (χ1) is 18.0. The number of methoxy groups -OCH3 is 1. The minimum absolute atomic E-state index is 0.0419. The molecular formula is C26H20F9NO2S. The van der Waals surface area contributed by atoms with Gasteiger partial charge >= 0.3 is 24.6 Å². The van der Waals surface area contributed by atoms with Crippen LogP contribution in [0, 0.1) is 0 Å². The molecule has 0 saturated heterocycles. The van der Waals surface area contributed by atoms with Gasteiger partial charge in [-0.1, -0.05) is 24.3 Å². The first-order valence-electron chi connectivity index (χ1n) is 11.0. The van der Waals surface area contributed by atoms with E-state index in [0.29, 0.717) is 28.2 Å². The van der Waals surface area contributed by atoms with E-state index < -0.39 is 60.0 Å². The molecule has 0 atom stereocenters. The van der Waals surface area contributed by atoms with Gasteiger partial charge in [0, 0.05) is 18.0 Å². The number of hydrogen-bond donors (Lipinski definition) is 0. The Bertz CT molecular complexity index is 1300. The van der Waals surface area contributed by atoms with Crippen LogP contribution in [0.2, 0.25) is 0 Å². The Morgan fingerprint density at radius 3 is 1.82 bits per heavy atom. The second-order valence-corrected chi connectivity index (χ2v) is 9.16. The summed E-state index contributed by atoms with van der Waals surface area (Å²) >= 11 is 1.31. The predicted octanol–water partition coefficient (Wildman–Crippen LogP) is 8.90. The Hall–Kier alpha value is -3.35. The molecule has 0 aliphatic rings. The molecule has 39 heavy (non-hydrogen) atoms. The highest BCUT2D eigenvalue weighted by molar-refractivity contribution is 7.98. The maximum Gasteiger partial charge on any atom is 0.416 e. The topological polar surface area (TPSA) is 29.5 Å². The minimum atomic E-state index is -5.12. The summed E-state index contributed by atoms with van der Waals surface area (Å²) in [5.74, 6) is 0. The monoisotopic (exact) mass is 581 g/mol. The van der Waals surface area contributed by atoms with Crippen LogP contribution >= 0.6 is 11.8 Å². The molecule has 3 rings (SSSR count). The summed E-state index contributed by atoms with van der Waals surface area (Å²) in [7, 11) is 0.929. The van der Waals surface area contributed by atoms with Crippen molar-refractivity contribution in [3.05, 3.63) is 88.5 Å². The quantitative estimate of drug-likeness (QED) is 0.215. The van der Waals surface area contributed by atoms with Gasteiger partial charge in [0.05, 0.1) is 23.8 Å². The van der Waals surface area contributed by atoms with Crippen LogP contribution in [0.1, 0.15) is 27.8 Å². The smallest absolute Gasteiger partial charge is 0.416 e. The molecule has 0 spiro atoms. The van der Waals surface area contributed by atoms with Crippen molar-refractivity contribution in [2.45, 2.75) is 36.5 Å². The lowest BCUT2D eigenvalue weighted by atomic mass is 9.96. The van der Waals surface area contributed by atoms with Crippen LogP contribution in [0.4, 0.5) is 44.3 Å². The maximum absolute atomic E-state index is 13.5. The SMILES string of the molecule is COC(=O)N(Cc1cc(C(F)(F)F)cc(C(F)(F)F)c1)Cc1cc(C(F)(F)F)ccc1-c1ccccc1SC. The highest BCUT2D eigenvalue weighted by atomic mass is 32.2. The van der Waals surface area contributed by atoms with Crippen LogP contribution in [-0.4, -0.2) is 24.4 Å². The molecule has 0 aromatic heterocycles. The van der Waals surface area contributed by atoms with Gasteiger partial charge in [-0.3, -0.25) is 4.90 Å². The lowest BCUT2D eigenvalue weighted by Crippen LogP contribution is -2.30. The Balaban J connectivity index is 2.14. The number of thioether (sulfide) groups is 1. The van der Waals surface area contributed by atoms with E-state index >= 15 is 0 Å². The van der Waals surface area contributed by atoms with Crippen molar-refractivity contribution >= 4 is 17.9 Å². The summed E-state index contributed by atoms with van der Waals surface area (Å²) in [6.07, 6.45) is -14.4. The summed E-state index contributed by atoms with van der Waals surface area (Å²) in [4.78, 5) is 14.0. The lowest BCUT2D eigenvalue weighted by Gasteiger charge is -2.25. The zero-order valence-corrected chi connectivity index (χ0v) is 21.1. The van der Waals surface area contributed by atoms with E-state index in [1.807, 2.05) is 0 Å². The van der Waals surface area contributed by atoms with Gasteiger partial charge in [0.2, 0.25) is 0 Å². The second-order valence-electron chi connectivity index (χ2n) is 8.31. The Morgan fingerprint density at radius 1 is 0.744 bits per heavy atom. The van der Waals surface area contributed by atoms with Crippen LogP contribution in [0.3, 0.4) is 0 Å². The van der Waals surface area contributed by atoms with Crippen molar-refractivity contribution < 1.29 is 49.0 Å². The molecule has 13 heteroatoms. The molecule has 3 nitrogen and oxygen atoms in total. The van der Waals surface area contributed by atoms with E-state index in [1.165, 1.54) is 17.8 Å². The van der Waals surface area contributed by atoms with Crippen molar-refractivity contribution in [1.82, 2.24) is 4.90 Å². The van der Waals surface area contributed by atoms with E-state index in [0.717, 1.165) is 24.1 Å². The van der Waals surface area contributed by atoms with Gasteiger partial charge in [-0.2, -0.15) is 39.5 Å². The van der Waals surface area contributed by atoms with Gasteiger partial charge in [-0.15, -0.1) is 11.8 Å². The fraction of sp³-hybridized carbons (Fsp3) is 0.269. The molecule has 210 valence electrons. The Labute approximate surface area is 221 Å². The molecule has 0 aliphatic heterocycles. The minimum Gasteiger partial charge on any atom is -0.453 e. The van der Waals surface area contributed by atoms with E-state index in [4.69, 9.17) is 0 Å². The number of ether oxygens (including phenoxy) is 1. The van der Waals surface area contributed by atoms with Gasteiger partial charge in [-0.25, -0.2) is 4.79 Å². The zero-order valence-electron chi connectivity index (χ0n) is 20.3. The fourth-order valence-corrected chi connectivity index (χ4v) is 4.49. The van der Waals surface area contributed by atoms with E-state index in [1.54, 1.807) is 30.5 Å². The van der Waals surface area contributed by atoms with Crippen LogP contribution < -0.4 is 0 Å². The number of rotatable bonds is 6. The largest absolute Gasteiger partial charge is 0.453 e. The highest BCUT2D eigenvalue weighted by Gasteiger charge is 2.37. The molecule has 0 saturated carbocycles. The molecule has 1 amide bonds. The van der Waals surface area contributed by atoms with Crippen molar-refractivity contribution in [3.63, 3.8) is 0 Å². The molecule has 0 aliphatic carbocycles. The molecule has 0 bridgehead atoms. The Morgan fingerprint density at radius 2 is 1.31 bits per heavy atom. The van der Waals surface area contributed by atoms with Crippen molar-refractivity contribution in [2.24, 2.45) is 0 Å². The molecule has 0 fully saturated rings. The average Bonchev–Trinajstić information content (AvgIpc) is 2.86. The lowest BCUT2D eigenvalue weighted by molar-refractivity contribution is -0.143. The Kier molecular flexibility index (Phi) is 8.83. The number of alkyl halides is 9. The van der Waals surface area contributed by atoms with E-state index in [9.17, 15) is 44.3 Å². The number of carbonyl (C=O) groups excluding carboxylic acids is 1. The number of carbonyl (C=O) groups is 1.